The molecule has 1 heterocycles. The number of imidazole rings is 1. The van der Waals surface area contributed by atoms with Gasteiger partial charge in [-0.15, -0.1) is 12.4 Å². The molecule has 0 amide bonds. The van der Waals surface area contributed by atoms with Crippen LogP contribution < -0.4 is 10.1 Å². The van der Waals surface area contributed by atoms with E-state index >= 15 is 0 Å². The van der Waals surface area contributed by atoms with Gasteiger partial charge in [-0.2, -0.15) is 13.2 Å². The summed E-state index contributed by atoms with van der Waals surface area (Å²) in [7, 11) is 0. The molecule has 4 rings (SSSR count). The lowest BCUT2D eigenvalue weighted by molar-refractivity contribution is -0.140. The molecule has 0 fully saturated rings. The molecule has 1 aliphatic carbocycles. The number of halogens is 4. The van der Waals surface area contributed by atoms with E-state index in [4.69, 9.17) is 4.74 Å². The summed E-state index contributed by atoms with van der Waals surface area (Å²) in [4.78, 5) is 6.13. The SMILES string of the molecule is Cl.OC(CNC1CCc2ccccc2C1)COc1cccc(-c2nc(C(F)(F)F)c[nH]2)c1. The minimum Gasteiger partial charge on any atom is -0.491 e. The summed E-state index contributed by atoms with van der Waals surface area (Å²) in [5.74, 6) is 0.561. The zero-order chi connectivity index (χ0) is 21.8. The van der Waals surface area contributed by atoms with Crippen molar-refractivity contribution >= 4 is 12.4 Å². The zero-order valence-electron chi connectivity index (χ0n) is 17.2. The average Bonchev–Trinajstić information content (AvgIpc) is 3.27. The van der Waals surface area contributed by atoms with Crippen LogP contribution in [0.5, 0.6) is 5.75 Å². The molecule has 0 saturated carbocycles. The number of nitrogens with one attached hydrogen (secondary N) is 2. The van der Waals surface area contributed by atoms with Crippen LogP contribution in [0.3, 0.4) is 0 Å². The predicted molar refractivity (Wildman–Crippen MR) is 118 cm³/mol. The van der Waals surface area contributed by atoms with Gasteiger partial charge in [-0.05, 0) is 42.5 Å². The highest BCUT2D eigenvalue weighted by Gasteiger charge is 2.33. The average molecular weight is 468 g/mol. The smallest absolute Gasteiger partial charge is 0.434 e. The molecule has 3 aromatic rings. The van der Waals surface area contributed by atoms with Crippen molar-refractivity contribution in [1.82, 2.24) is 15.3 Å². The summed E-state index contributed by atoms with van der Waals surface area (Å²) in [6.45, 7) is 0.478. The molecule has 9 heteroatoms. The van der Waals surface area contributed by atoms with E-state index in [9.17, 15) is 18.3 Å². The molecule has 5 nitrogen and oxygen atoms in total. The Morgan fingerprint density at radius 2 is 1.94 bits per heavy atom. The van der Waals surface area contributed by atoms with Gasteiger partial charge < -0.3 is 20.1 Å². The van der Waals surface area contributed by atoms with Crippen LogP contribution >= 0.6 is 12.4 Å². The highest BCUT2D eigenvalue weighted by atomic mass is 35.5. The lowest BCUT2D eigenvalue weighted by Crippen LogP contribution is -2.40. The summed E-state index contributed by atoms with van der Waals surface area (Å²) in [6.07, 6.45) is -1.38. The lowest BCUT2D eigenvalue weighted by Gasteiger charge is -2.26. The molecule has 0 spiro atoms. The quantitative estimate of drug-likeness (QED) is 0.481. The number of hydrogen-bond acceptors (Lipinski definition) is 4. The van der Waals surface area contributed by atoms with Crippen LogP contribution in [0.15, 0.2) is 54.7 Å². The van der Waals surface area contributed by atoms with E-state index in [0.29, 0.717) is 23.9 Å². The first kappa shape index (κ1) is 24.1. The van der Waals surface area contributed by atoms with Gasteiger partial charge in [-0.3, -0.25) is 0 Å². The van der Waals surface area contributed by atoms with Crippen LogP contribution in [0.25, 0.3) is 11.4 Å². The number of rotatable bonds is 7. The van der Waals surface area contributed by atoms with Gasteiger partial charge >= 0.3 is 6.18 Å². The number of H-pyrrole nitrogens is 1. The first-order valence-corrected chi connectivity index (χ1v) is 10.2. The Balaban J connectivity index is 0.00000289. The fourth-order valence-corrected chi connectivity index (χ4v) is 3.77. The van der Waals surface area contributed by atoms with E-state index in [-0.39, 0.29) is 24.8 Å². The second-order valence-corrected chi connectivity index (χ2v) is 7.74. The number of fused-ring (bicyclic) bond motifs is 1. The molecule has 1 aliphatic rings. The fourth-order valence-electron chi connectivity index (χ4n) is 3.77. The number of aromatic nitrogens is 2. The maximum absolute atomic E-state index is 12.7. The molecule has 2 unspecified atom stereocenters. The molecule has 0 bridgehead atoms. The number of hydrogen-bond donors (Lipinski definition) is 3. The molecular formula is C23H25ClF3N3O2. The van der Waals surface area contributed by atoms with E-state index in [2.05, 4.69) is 33.5 Å². The van der Waals surface area contributed by atoms with Crippen molar-refractivity contribution in [3.63, 3.8) is 0 Å². The van der Waals surface area contributed by atoms with Gasteiger partial charge in [0.2, 0.25) is 0 Å². The lowest BCUT2D eigenvalue weighted by atomic mass is 9.88. The Morgan fingerprint density at radius 3 is 2.69 bits per heavy atom. The maximum Gasteiger partial charge on any atom is 0.434 e. The number of nitrogens with zero attached hydrogens (tertiary/aromatic N) is 1. The molecule has 1 aromatic heterocycles. The van der Waals surface area contributed by atoms with Gasteiger partial charge in [-0.25, -0.2) is 4.98 Å². The van der Waals surface area contributed by atoms with Crippen LogP contribution in [-0.4, -0.2) is 40.4 Å². The molecule has 32 heavy (non-hydrogen) atoms. The van der Waals surface area contributed by atoms with Gasteiger partial charge in [0.05, 0.1) is 0 Å². The van der Waals surface area contributed by atoms with Crippen molar-refractivity contribution in [2.45, 2.75) is 37.6 Å². The highest BCUT2D eigenvalue weighted by Crippen LogP contribution is 2.30. The number of aliphatic hydroxyl groups excluding tert-OH is 1. The third kappa shape index (κ3) is 6.03. The first-order valence-electron chi connectivity index (χ1n) is 10.2. The monoisotopic (exact) mass is 467 g/mol. The van der Waals surface area contributed by atoms with Gasteiger partial charge in [0.15, 0.2) is 5.69 Å². The standard InChI is InChI=1S/C23H24F3N3O2.ClH/c24-23(25,26)21-13-28-22(29-21)17-6-3-7-20(11-17)31-14-19(30)12-27-18-9-8-15-4-1-2-5-16(15)10-18;/h1-7,11,13,18-19,27,30H,8-10,12,14H2,(H,28,29);1H. The Bertz CT molecular complexity index is 1030. The van der Waals surface area contributed by atoms with Gasteiger partial charge in [0, 0.05) is 24.3 Å². The van der Waals surface area contributed by atoms with Crippen LogP contribution in [0.1, 0.15) is 23.2 Å². The summed E-state index contributed by atoms with van der Waals surface area (Å²) >= 11 is 0. The third-order valence-corrected chi connectivity index (χ3v) is 5.41. The normalized spacial score (nSPS) is 16.7. The van der Waals surface area contributed by atoms with Gasteiger partial charge in [0.1, 0.15) is 24.3 Å². The van der Waals surface area contributed by atoms with Crippen molar-refractivity contribution < 1.29 is 23.0 Å². The minimum atomic E-state index is -4.50. The second kappa shape index (κ2) is 10.4. The Hall–Kier alpha value is -2.55. The second-order valence-electron chi connectivity index (χ2n) is 7.74. The van der Waals surface area contributed by atoms with Crippen molar-refractivity contribution in [2.75, 3.05) is 13.2 Å². The van der Waals surface area contributed by atoms with Crippen molar-refractivity contribution in [1.29, 1.82) is 0 Å². The van der Waals surface area contributed by atoms with Crippen molar-refractivity contribution in [3.05, 3.63) is 71.5 Å². The van der Waals surface area contributed by atoms with Crippen LogP contribution in [-0.2, 0) is 19.0 Å². The molecule has 0 radical (unpaired) electrons. The Morgan fingerprint density at radius 1 is 1.16 bits per heavy atom. The summed E-state index contributed by atoms with van der Waals surface area (Å²) in [5, 5.41) is 13.7. The first-order chi connectivity index (χ1) is 14.9. The van der Waals surface area contributed by atoms with E-state index in [1.54, 1.807) is 24.3 Å². The van der Waals surface area contributed by atoms with E-state index in [1.807, 2.05) is 6.07 Å². The van der Waals surface area contributed by atoms with E-state index < -0.39 is 18.0 Å². The van der Waals surface area contributed by atoms with Gasteiger partial charge in [-0.1, -0.05) is 36.4 Å². The largest absolute Gasteiger partial charge is 0.491 e. The van der Waals surface area contributed by atoms with Crippen LogP contribution in [0.2, 0.25) is 0 Å². The molecule has 172 valence electrons. The summed E-state index contributed by atoms with van der Waals surface area (Å²) in [6, 6.07) is 15.3. The molecule has 0 aliphatic heterocycles. The van der Waals surface area contributed by atoms with Crippen LogP contribution in [0.4, 0.5) is 13.2 Å². The fraction of sp³-hybridized carbons (Fsp3) is 0.348. The maximum atomic E-state index is 12.7. The topological polar surface area (TPSA) is 70.2 Å². The molecule has 2 aromatic carbocycles. The third-order valence-electron chi connectivity index (χ3n) is 5.41. The van der Waals surface area contributed by atoms with E-state index in [0.717, 1.165) is 25.5 Å². The minimum absolute atomic E-state index is 0. The molecule has 2 atom stereocenters. The number of aliphatic hydroxyl groups is 1. The summed E-state index contributed by atoms with van der Waals surface area (Å²) < 4.78 is 43.9. The number of aromatic amines is 1. The number of ether oxygens (including phenoxy) is 1. The van der Waals surface area contributed by atoms with E-state index in [1.165, 1.54) is 11.1 Å². The highest BCUT2D eigenvalue weighted by molar-refractivity contribution is 5.85. The molecule has 3 N–H and O–H groups in total. The number of benzene rings is 2. The number of aryl methyl sites for hydroxylation is 1. The van der Waals surface area contributed by atoms with Gasteiger partial charge in [0.25, 0.3) is 0 Å². The number of alkyl halides is 3. The molecule has 0 saturated heterocycles. The zero-order valence-corrected chi connectivity index (χ0v) is 18.0. The molecular weight excluding hydrogens is 443 g/mol. The Kier molecular flexibility index (Phi) is 7.82. The summed E-state index contributed by atoms with van der Waals surface area (Å²) in [5.41, 5.74) is 2.24. The van der Waals surface area contributed by atoms with Crippen LogP contribution in [0, 0.1) is 0 Å². The Labute approximate surface area is 190 Å². The van der Waals surface area contributed by atoms with Crippen molar-refractivity contribution in [2.24, 2.45) is 0 Å². The predicted octanol–water partition coefficient (Wildman–Crippen LogP) is 4.40. The van der Waals surface area contributed by atoms with Crippen molar-refractivity contribution in [3.8, 4) is 17.1 Å².